The van der Waals surface area contributed by atoms with Crippen LogP contribution in [0.3, 0.4) is 0 Å². The number of ether oxygens (including phenoxy) is 1. The van der Waals surface area contributed by atoms with Crippen molar-refractivity contribution < 1.29 is 17.9 Å². The van der Waals surface area contributed by atoms with Crippen LogP contribution >= 0.6 is 0 Å². The Morgan fingerprint density at radius 1 is 1.21 bits per heavy atom. The van der Waals surface area contributed by atoms with Crippen molar-refractivity contribution >= 4 is 27.3 Å². The van der Waals surface area contributed by atoms with Crippen LogP contribution < -0.4 is 13.9 Å². The first-order valence-electron chi connectivity index (χ1n) is 9.37. The number of rotatable bonds is 6. The molecule has 2 atom stereocenters. The highest BCUT2D eigenvalue weighted by Gasteiger charge is 2.37. The van der Waals surface area contributed by atoms with Crippen molar-refractivity contribution in [2.45, 2.75) is 39.3 Å². The lowest BCUT2D eigenvalue weighted by Crippen LogP contribution is -2.51. The van der Waals surface area contributed by atoms with Crippen molar-refractivity contribution in [3.8, 4) is 5.75 Å². The Labute approximate surface area is 166 Å². The molecule has 0 saturated carbocycles. The number of carbonyl (C=O) groups is 1. The quantitative estimate of drug-likeness (QED) is 0.744. The topological polar surface area (TPSA) is 66.9 Å². The van der Waals surface area contributed by atoms with Crippen LogP contribution in [0, 0.1) is 0 Å². The number of nitrogens with zero attached hydrogens (tertiary/aromatic N) is 2. The highest BCUT2D eigenvalue weighted by Crippen LogP contribution is 2.34. The van der Waals surface area contributed by atoms with E-state index in [0.717, 1.165) is 23.9 Å². The molecule has 1 amide bonds. The first-order chi connectivity index (χ1) is 13.2. The third-order valence-electron chi connectivity index (χ3n) is 4.91. The molecule has 0 N–H and O–H groups in total. The Bertz CT molecular complexity index is 957. The van der Waals surface area contributed by atoms with Crippen molar-refractivity contribution in [2.24, 2.45) is 0 Å². The minimum Gasteiger partial charge on any atom is -0.494 e. The summed E-state index contributed by atoms with van der Waals surface area (Å²) < 4.78 is 31.7. The van der Waals surface area contributed by atoms with Crippen molar-refractivity contribution in [1.82, 2.24) is 0 Å². The number of carbonyl (C=O) groups excluding carboxylic acids is 1. The number of hydrogen-bond acceptors (Lipinski definition) is 4. The van der Waals surface area contributed by atoms with Crippen LogP contribution in [0.2, 0.25) is 0 Å². The molecule has 2 aromatic rings. The lowest BCUT2D eigenvalue weighted by Gasteiger charge is -2.33. The van der Waals surface area contributed by atoms with Gasteiger partial charge in [-0.1, -0.05) is 18.2 Å². The highest BCUT2D eigenvalue weighted by molar-refractivity contribution is 7.92. The van der Waals surface area contributed by atoms with Crippen LogP contribution in [0.25, 0.3) is 0 Å². The minimum atomic E-state index is -3.67. The van der Waals surface area contributed by atoms with Gasteiger partial charge >= 0.3 is 0 Å². The zero-order chi connectivity index (χ0) is 20.5. The van der Waals surface area contributed by atoms with Gasteiger partial charge in [-0.15, -0.1) is 0 Å². The number of fused-ring (bicyclic) bond motifs is 1. The number of anilines is 2. The normalized spacial score (nSPS) is 17.1. The predicted molar refractivity (Wildman–Crippen MR) is 111 cm³/mol. The fraction of sp³-hybridized carbons (Fsp3) is 0.381. The van der Waals surface area contributed by atoms with Crippen LogP contribution in [-0.4, -0.2) is 39.3 Å². The van der Waals surface area contributed by atoms with Crippen LogP contribution in [0.1, 0.15) is 26.3 Å². The van der Waals surface area contributed by atoms with Crippen LogP contribution in [-0.2, 0) is 21.2 Å². The first kappa shape index (κ1) is 20.2. The molecule has 28 heavy (non-hydrogen) atoms. The molecule has 6 nitrogen and oxygen atoms in total. The second-order valence-electron chi connectivity index (χ2n) is 7.05. The van der Waals surface area contributed by atoms with Crippen molar-refractivity contribution in [1.29, 1.82) is 0 Å². The lowest BCUT2D eigenvalue weighted by molar-refractivity contribution is -0.119. The number of hydrogen-bond donors (Lipinski definition) is 0. The average molecular weight is 403 g/mol. The summed E-state index contributed by atoms with van der Waals surface area (Å²) in [4.78, 5) is 15.1. The highest BCUT2D eigenvalue weighted by atomic mass is 32.2. The van der Waals surface area contributed by atoms with E-state index in [-0.39, 0.29) is 11.9 Å². The summed E-state index contributed by atoms with van der Waals surface area (Å²) in [7, 11) is -3.67. The van der Waals surface area contributed by atoms with Gasteiger partial charge in [-0.3, -0.25) is 9.10 Å². The van der Waals surface area contributed by atoms with Gasteiger partial charge in [-0.2, -0.15) is 0 Å². The van der Waals surface area contributed by atoms with Gasteiger partial charge in [-0.25, -0.2) is 8.42 Å². The van der Waals surface area contributed by atoms with Crippen molar-refractivity contribution in [3.05, 3.63) is 54.1 Å². The van der Waals surface area contributed by atoms with Gasteiger partial charge in [0.25, 0.3) is 5.91 Å². The maximum absolute atomic E-state index is 13.3. The molecule has 0 aliphatic carbocycles. The summed E-state index contributed by atoms with van der Waals surface area (Å²) in [6.07, 6.45) is 1.88. The Morgan fingerprint density at radius 2 is 1.86 bits per heavy atom. The van der Waals surface area contributed by atoms with Gasteiger partial charge in [0.05, 0.1) is 18.6 Å². The maximum Gasteiger partial charge on any atom is 0.250 e. The molecule has 1 aliphatic heterocycles. The van der Waals surface area contributed by atoms with E-state index >= 15 is 0 Å². The third kappa shape index (κ3) is 3.85. The molecule has 0 unspecified atom stereocenters. The molecular weight excluding hydrogens is 376 g/mol. The molecule has 0 bridgehead atoms. The number of sulfonamides is 1. The summed E-state index contributed by atoms with van der Waals surface area (Å²) in [5.41, 5.74) is 2.39. The molecule has 150 valence electrons. The first-order valence-corrected chi connectivity index (χ1v) is 11.2. The standard InChI is InChI=1S/C21H26N2O4S/c1-5-27-19-12-10-18(11-13-19)23(28(4,25)26)16(3)21(24)22-15(2)14-17-8-6-7-9-20(17)22/h6-13,15-16H,5,14H2,1-4H3/t15-,16+/m0/s1. The molecule has 7 heteroatoms. The summed E-state index contributed by atoms with van der Waals surface area (Å²) in [6.45, 7) is 6.02. The molecule has 3 rings (SSSR count). The largest absolute Gasteiger partial charge is 0.494 e. The van der Waals surface area contributed by atoms with E-state index in [0.29, 0.717) is 18.0 Å². The number of benzene rings is 2. The van der Waals surface area contributed by atoms with E-state index < -0.39 is 16.1 Å². The molecule has 0 radical (unpaired) electrons. The van der Waals surface area contributed by atoms with E-state index in [2.05, 4.69) is 0 Å². The SMILES string of the molecule is CCOc1ccc(N([C@H](C)C(=O)N2c3ccccc3C[C@@H]2C)S(C)(=O)=O)cc1. The molecule has 2 aromatic carbocycles. The molecule has 0 aromatic heterocycles. The van der Waals surface area contributed by atoms with E-state index in [4.69, 9.17) is 4.74 Å². The molecule has 0 spiro atoms. The molecule has 0 fully saturated rings. The molecule has 0 saturated heterocycles. The monoisotopic (exact) mass is 402 g/mol. The van der Waals surface area contributed by atoms with Crippen molar-refractivity contribution in [3.63, 3.8) is 0 Å². The Hall–Kier alpha value is -2.54. The van der Waals surface area contributed by atoms with E-state index in [1.165, 1.54) is 4.31 Å². The van der Waals surface area contributed by atoms with Gasteiger partial charge in [0.1, 0.15) is 11.8 Å². The van der Waals surface area contributed by atoms with E-state index in [9.17, 15) is 13.2 Å². The maximum atomic E-state index is 13.3. The zero-order valence-corrected chi connectivity index (χ0v) is 17.4. The minimum absolute atomic E-state index is 0.0194. The molecule has 1 heterocycles. The van der Waals surface area contributed by atoms with Crippen molar-refractivity contribution in [2.75, 3.05) is 22.1 Å². The number of para-hydroxylation sites is 1. The summed E-state index contributed by atoms with van der Waals surface area (Å²) in [5, 5.41) is 0. The summed E-state index contributed by atoms with van der Waals surface area (Å²) in [6, 6.07) is 13.6. The van der Waals surface area contributed by atoms with Crippen LogP contribution in [0.4, 0.5) is 11.4 Å². The summed E-state index contributed by atoms with van der Waals surface area (Å²) >= 11 is 0. The fourth-order valence-electron chi connectivity index (χ4n) is 3.76. The Balaban J connectivity index is 1.94. The number of amides is 1. The van der Waals surface area contributed by atoms with Gasteiger partial charge in [0.2, 0.25) is 10.0 Å². The average Bonchev–Trinajstić information content (AvgIpc) is 2.97. The van der Waals surface area contributed by atoms with Gasteiger partial charge in [0, 0.05) is 11.7 Å². The second-order valence-corrected chi connectivity index (χ2v) is 8.91. The third-order valence-corrected chi connectivity index (χ3v) is 6.15. The zero-order valence-electron chi connectivity index (χ0n) is 16.6. The fourth-order valence-corrected chi connectivity index (χ4v) is 4.93. The lowest BCUT2D eigenvalue weighted by atomic mass is 10.1. The predicted octanol–water partition coefficient (Wildman–Crippen LogP) is 3.22. The van der Waals surface area contributed by atoms with Gasteiger partial charge in [-0.05, 0) is 63.1 Å². The van der Waals surface area contributed by atoms with Crippen LogP contribution in [0.15, 0.2) is 48.5 Å². The Morgan fingerprint density at radius 3 is 2.46 bits per heavy atom. The van der Waals surface area contributed by atoms with E-state index in [1.54, 1.807) is 36.1 Å². The second kappa shape index (κ2) is 7.83. The van der Waals surface area contributed by atoms with Crippen LogP contribution in [0.5, 0.6) is 5.75 Å². The van der Waals surface area contributed by atoms with Gasteiger partial charge < -0.3 is 9.64 Å². The summed E-state index contributed by atoms with van der Waals surface area (Å²) in [5.74, 6) is 0.414. The van der Waals surface area contributed by atoms with Gasteiger partial charge in [0.15, 0.2) is 0 Å². The molecular formula is C21H26N2O4S. The van der Waals surface area contributed by atoms with E-state index in [1.807, 2.05) is 38.1 Å². The molecule has 1 aliphatic rings. The Kier molecular flexibility index (Phi) is 5.65. The smallest absolute Gasteiger partial charge is 0.250 e.